The first-order valence-electron chi connectivity index (χ1n) is 6.25. The predicted octanol–water partition coefficient (Wildman–Crippen LogP) is 1.86. The van der Waals surface area contributed by atoms with Crippen LogP contribution in [0.2, 0.25) is 0 Å². The number of likely N-dealkylation sites (N-methyl/N-ethyl adjacent to an activating group) is 1. The van der Waals surface area contributed by atoms with Crippen LogP contribution in [0.3, 0.4) is 0 Å². The number of hydrogen-bond donors (Lipinski definition) is 2. The van der Waals surface area contributed by atoms with Crippen molar-refractivity contribution >= 4 is 5.91 Å². The maximum Gasteiger partial charge on any atom is 0.236 e. The topological polar surface area (TPSA) is 41.1 Å². The van der Waals surface area contributed by atoms with Crippen LogP contribution < -0.4 is 10.6 Å². The van der Waals surface area contributed by atoms with Gasteiger partial charge in [-0.1, -0.05) is 30.3 Å². The maximum absolute atomic E-state index is 11.5. The quantitative estimate of drug-likeness (QED) is 0.813. The predicted molar refractivity (Wildman–Crippen MR) is 68.6 cm³/mol. The van der Waals surface area contributed by atoms with Gasteiger partial charge in [-0.3, -0.25) is 10.1 Å². The fourth-order valence-corrected chi connectivity index (χ4v) is 2.16. The first kappa shape index (κ1) is 12.1. The molecule has 3 heteroatoms. The molecule has 0 aromatic heterocycles. The lowest BCUT2D eigenvalue weighted by molar-refractivity contribution is -0.122. The molecule has 1 aliphatic rings. The molecule has 92 valence electrons. The summed E-state index contributed by atoms with van der Waals surface area (Å²) in [5, 5.41) is 6.11. The smallest absolute Gasteiger partial charge is 0.236 e. The van der Waals surface area contributed by atoms with Gasteiger partial charge in [0.2, 0.25) is 5.91 Å². The summed E-state index contributed by atoms with van der Waals surface area (Å²) in [5.41, 5.74) is 1.28. The molecule has 1 fully saturated rings. The fourth-order valence-electron chi connectivity index (χ4n) is 2.16. The number of amides is 1. The van der Waals surface area contributed by atoms with Crippen molar-refractivity contribution in [2.75, 3.05) is 7.05 Å². The number of rotatable bonds is 5. The standard InChI is InChI=1S/C14H20N2O/c1-10(14(17)15-2)16-13(12-8-9-12)11-6-4-3-5-7-11/h3-7,10,12-13,16H,8-9H2,1-2H3,(H,15,17). The van der Waals surface area contributed by atoms with Gasteiger partial charge in [-0.25, -0.2) is 0 Å². The van der Waals surface area contributed by atoms with Gasteiger partial charge in [0.25, 0.3) is 0 Å². The van der Waals surface area contributed by atoms with Crippen molar-refractivity contribution in [1.29, 1.82) is 0 Å². The lowest BCUT2D eigenvalue weighted by Gasteiger charge is -2.22. The van der Waals surface area contributed by atoms with Crippen LogP contribution in [0.5, 0.6) is 0 Å². The van der Waals surface area contributed by atoms with Gasteiger partial charge in [0.1, 0.15) is 0 Å². The molecule has 1 amide bonds. The Morgan fingerprint density at radius 1 is 1.29 bits per heavy atom. The summed E-state index contributed by atoms with van der Waals surface area (Å²) in [6, 6.07) is 10.6. The van der Waals surface area contributed by atoms with Crippen molar-refractivity contribution in [1.82, 2.24) is 10.6 Å². The van der Waals surface area contributed by atoms with Gasteiger partial charge in [-0.15, -0.1) is 0 Å². The second kappa shape index (κ2) is 5.32. The zero-order valence-electron chi connectivity index (χ0n) is 10.4. The Balaban J connectivity index is 2.06. The average molecular weight is 232 g/mol. The number of carbonyl (C=O) groups excluding carboxylic acids is 1. The van der Waals surface area contributed by atoms with E-state index in [0.29, 0.717) is 12.0 Å². The highest BCUT2D eigenvalue weighted by Gasteiger charge is 2.33. The second-order valence-electron chi connectivity index (χ2n) is 4.73. The van der Waals surface area contributed by atoms with E-state index < -0.39 is 0 Å². The molecule has 1 saturated carbocycles. The Kier molecular flexibility index (Phi) is 3.79. The monoisotopic (exact) mass is 232 g/mol. The summed E-state index contributed by atoms with van der Waals surface area (Å²) in [4.78, 5) is 11.5. The van der Waals surface area contributed by atoms with Crippen LogP contribution in [-0.2, 0) is 4.79 Å². The van der Waals surface area contributed by atoms with E-state index in [1.165, 1.54) is 18.4 Å². The summed E-state index contributed by atoms with van der Waals surface area (Å²) in [6.45, 7) is 1.91. The zero-order valence-corrected chi connectivity index (χ0v) is 10.4. The molecule has 2 unspecified atom stereocenters. The molecule has 1 aliphatic carbocycles. The minimum atomic E-state index is -0.147. The maximum atomic E-state index is 11.5. The van der Waals surface area contributed by atoms with Crippen LogP contribution in [-0.4, -0.2) is 19.0 Å². The number of carbonyl (C=O) groups is 1. The SMILES string of the molecule is CNC(=O)C(C)NC(c1ccccc1)C1CC1. The van der Waals surface area contributed by atoms with Crippen molar-refractivity contribution < 1.29 is 4.79 Å². The van der Waals surface area contributed by atoms with Gasteiger partial charge in [-0.2, -0.15) is 0 Å². The van der Waals surface area contributed by atoms with E-state index in [4.69, 9.17) is 0 Å². The van der Waals surface area contributed by atoms with Gasteiger partial charge < -0.3 is 5.32 Å². The number of benzene rings is 1. The van der Waals surface area contributed by atoms with Crippen LogP contribution in [0, 0.1) is 5.92 Å². The first-order chi connectivity index (χ1) is 8.22. The lowest BCUT2D eigenvalue weighted by Crippen LogP contribution is -2.42. The van der Waals surface area contributed by atoms with Crippen LogP contribution in [0.4, 0.5) is 0 Å². The highest BCUT2D eigenvalue weighted by molar-refractivity contribution is 5.81. The highest BCUT2D eigenvalue weighted by atomic mass is 16.2. The van der Waals surface area contributed by atoms with E-state index in [9.17, 15) is 4.79 Å². The minimum absolute atomic E-state index is 0.0478. The Morgan fingerprint density at radius 2 is 1.94 bits per heavy atom. The average Bonchev–Trinajstić information content (AvgIpc) is 3.20. The second-order valence-corrected chi connectivity index (χ2v) is 4.73. The largest absolute Gasteiger partial charge is 0.358 e. The Morgan fingerprint density at radius 3 is 2.47 bits per heavy atom. The summed E-state index contributed by atoms with van der Waals surface area (Å²) in [7, 11) is 1.68. The third-order valence-electron chi connectivity index (χ3n) is 3.32. The van der Waals surface area contributed by atoms with E-state index in [0.717, 1.165) is 0 Å². The summed E-state index contributed by atoms with van der Waals surface area (Å²) in [6.07, 6.45) is 2.51. The van der Waals surface area contributed by atoms with Gasteiger partial charge in [0, 0.05) is 13.1 Å². The van der Waals surface area contributed by atoms with E-state index in [2.05, 4.69) is 34.9 Å². The summed E-state index contributed by atoms with van der Waals surface area (Å²) >= 11 is 0. The molecule has 17 heavy (non-hydrogen) atoms. The normalized spacial score (nSPS) is 18.5. The molecule has 1 aromatic rings. The van der Waals surface area contributed by atoms with Crippen molar-refractivity contribution in [3.8, 4) is 0 Å². The Hall–Kier alpha value is -1.35. The van der Waals surface area contributed by atoms with Crippen molar-refractivity contribution in [2.45, 2.75) is 31.8 Å². The first-order valence-corrected chi connectivity index (χ1v) is 6.25. The molecule has 0 bridgehead atoms. The van der Waals surface area contributed by atoms with Crippen molar-refractivity contribution in [3.63, 3.8) is 0 Å². The molecule has 2 atom stereocenters. The van der Waals surface area contributed by atoms with Gasteiger partial charge >= 0.3 is 0 Å². The van der Waals surface area contributed by atoms with Crippen LogP contribution in [0.25, 0.3) is 0 Å². The minimum Gasteiger partial charge on any atom is -0.358 e. The van der Waals surface area contributed by atoms with Crippen LogP contribution in [0.1, 0.15) is 31.4 Å². The van der Waals surface area contributed by atoms with E-state index in [-0.39, 0.29) is 11.9 Å². The molecular weight excluding hydrogens is 212 g/mol. The molecule has 3 nitrogen and oxygen atoms in total. The lowest BCUT2D eigenvalue weighted by atomic mass is 10.0. The summed E-state index contributed by atoms with van der Waals surface area (Å²) in [5.74, 6) is 0.732. The molecule has 0 radical (unpaired) electrons. The van der Waals surface area contributed by atoms with Crippen LogP contribution >= 0.6 is 0 Å². The molecule has 0 heterocycles. The van der Waals surface area contributed by atoms with E-state index in [1.54, 1.807) is 7.05 Å². The molecule has 2 N–H and O–H groups in total. The Labute approximate surface area is 103 Å². The molecule has 0 aliphatic heterocycles. The van der Waals surface area contributed by atoms with E-state index in [1.807, 2.05) is 13.0 Å². The molecular formula is C14H20N2O. The van der Waals surface area contributed by atoms with E-state index >= 15 is 0 Å². The highest BCUT2D eigenvalue weighted by Crippen LogP contribution is 2.41. The molecule has 2 rings (SSSR count). The van der Waals surface area contributed by atoms with Crippen molar-refractivity contribution in [3.05, 3.63) is 35.9 Å². The number of hydrogen-bond acceptors (Lipinski definition) is 2. The third-order valence-corrected chi connectivity index (χ3v) is 3.32. The van der Waals surface area contributed by atoms with Crippen molar-refractivity contribution in [2.24, 2.45) is 5.92 Å². The molecule has 0 spiro atoms. The Bertz CT molecular complexity index is 373. The third kappa shape index (κ3) is 3.07. The summed E-state index contributed by atoms with van der Waals surface area (Å²) < 4.78 is 0. The van der Waals surface area contributed by atoms with Gasteiger partial charge in [0.15, 0.2) is 0 Å². The molecule has 1 aromatic carbocycles. The van der Waals surface area contributed by atoms with Crippen LogP contribution in [0.15, 0.2) is 30.3 Å². The fraction of sp³-hybridized carbons (Fsp3) is 0.500. The molecule has 0 saturated heterocycles. The number of nitrogens with one attached hydrogen (secondary N) is 2. The zero-order chi connectivity index (χ0) is 12.3. The van der Waals surface area contributed by atoms with Gasteiger partial charge in [0.05, 0.1) is 6.04 Å². The van der Waals surface area contributed by atoms with Gasteiger partial charge in [-0.05, 0) is 31.2 Å².